The summed E-state index contributed by atoms with van der Waals surface area (Å²) in [6, 6.07) is 7.86. The number of ketones is 1. The number of aromatic nitrogens is 4. The highest BCUT2D eigenvalue weighted by Gasteiger charge is 2.28. The number of carbonyl (C=O) groups is 2. The van der Waals surface area contributed by atoms with Gasteiger partial charge in [-0.2, -0.15) is 5.10 Å². The lowest BCUT2D eigenvalue weighted by Crippen LogP contribution is -2.49. The molecule has 43 heavy (non-hydrogen) atoms. The third-order valence-corrected chi connectivity index (χ3v) is 7.91. The van der Waals surface area contributed by atoms with Gasteiger partial charge in [-0.05, 0) is 86.0 Å². The Morgan fingerprint density at radius 2 is 2.02 bits per heavy atom. The first-order chi connectivity index (χ1) is 20.4. The first-order valence-corrected chi connectivity index (χ1v) is 15.1. The topological polar surface area (TPSA) is 111 Å². The van der Waals surface area contributed by atoms with Crippen LogP contribution < -0.4 is 15.0 Å². The summed E-state index contributed by atoms with van der Waals surface area (Å²) in [5, 5.41) is 8.60. The molecule has 4 aromatic rings. The fraction of sp³-hybridized carbons (Fsp3) is 0.387. The van der Waals surface area contributed by atoms with E-state index in [9.17, 15) is 14.0 Å². The molecule has 1 amide bonds. The van der Waals surface area contributed by atoms with Gasteiger partial charge in [0.25, 0.3) is 0 Å². The Labute approximate surface area is 263 Å². The molecule has 0 unspecified atom stereocenters. The summed E-state index contributed by atoms with van der Waals surface area (Å²) in [5.41, 5.74) is 2.23. The summed E-state index contributed by atoms with van der Waals surface area (Å²) in [7, 11) is 3.31. The predicted molar refractivity (Wildman–Crippen MR) is 170 cm³/mol. The molecule has 3 heterocycles. The molecule has 0 saturated carbocycles. The van der Waals surface area contributed by atoms with Crippen LogP contribution in [-0.2, 0) is 18.2 Å². The minimum atomic E-state index is -0.595. The van der Waals surface area contributed by atoms with E-state index in [1.807, 2.05) is 40.1 Å². The van der Waals surface area contributed by atoms with Crippen LogP contribution in [0.15, 0.2) is 42.7 Å². The first kappa shape index (κ1) is 30.6. The van der Waals surface area contributed by atoms with Crippen molar-refractivity contribution in [3.63, 3.8) is 0 Å². The molecule has 0 spiro atoms. The first-order valence-electron chi connectivity index (χ1n) is 14.0. The summed E-state index contributed by atoms with van der Waals surface area (Å²) >= 11 is 2.24. The lowest BCUT2D eigenvalue weighted by Gasteiger charge is -2.36. The molecule has 1 N–H and O–H groups in total. The SMILES string of the molecule is COc1cccc(F)c1-c1nccc(C(=O)Cc2cc(I)c3nn(C)cc3c2N2CCC[C@@H](NC(=O)OC(C)(C)C)C2)n1. The van der Waals surface area contributed by atoms with Crippen LogP contribution in [-0.4, -0.2) is 63.5 Å². The van der Waals surface area contributed by atoms with Gasteiger partial charge in [0.05, 0.1) is 18.4 Å². The Bertz CT molecular complexity index is 1690. The second-order valence-electron chi connectivity index (χ2n) is 11.5. The number of methoxy groups -OCH3 is 1. The Morgan fingerprint density at radius 3 is 2.77 bits per heavy atom. The fourth-order valence-corrected chi connectivity index (χ4v) is 6.15. The lowest BCUT2D eigenvalue weighted by atomic mass is 9.98. The number of Topliss-reactive ketones (excluding diaryl/α,β-unsaturated/α-hetero) is 1. The number of aryl methyl sites for hydroxylation is 1. The van der Waals surface area contributed by atoms with E-state index >= 15 is 0 Å². The maximum atomic E-state index is 14.8. The highest BCUT2D eigenvalue weighted by Crippen LogP contribution is 2.36. The zero-order valence-corrected chi connectivity index (χ0v) is 26.9. The van der Waals surface area contributed by atoms with Crippen molar-refractivity contribution in [3.8, 4) is 17.1 Å². The van der Waals surface area contributed by atoms with Crippen LogP contribution in [0.2, 0.25) is 0 Å². The van der Waals surface area contributed by atoms with Crippen LogP contribution in [0.1, 0.15) is 49.7 Å². The number of amides is 1. The number of fused-ring (bicyclic) bond motifs is 1. The van der Waals surface area contributed by atoms with Gasteiger partial charge in [-0.1, -0.05) is 6.07 Å². The van der Waals surface area contributed by atoms with Crippen molar-refractivity contribution < 1.29 is 23.5 Å². The normalized spacial score (nSPS) is 15.4. The molecule has 2 aromatic heterocycles. The Hall–Kier alpha value is -3.81. The lowest BCUT2D eigenvalue weighted by molar-refractivity contribution is 0.0500. The molecule has 10 nitrogen and oxygen atoms in total. The number of nitrogens with zero attached hydrogens (tertiary/aromatic N) is 5. The molecular weight excluding hydrogens is 666 g/mol. The minimum absolute atomic E-state index is 0.0572. The van der Waals surface area contributed by atoms with E-state index in [1.54, 1.807) is 16.8 Å². The molecule has 12 heteroatoms. The number of alkyl carbamates (subject to hydrolysis) is 1. The van der Waals surface area contributed by atoms with Crippen LogP contribution in [0.4, 0.5) is 14.9 Å². The van der Waals surface area contributed by atoms with E-state index in [-0.39, 0.29) is 41.1 Å². The van der Waals surface area contributed by atoms with E-state index in [0.29, 0.717) is 6.54 Å². The van der Waals surface area contributed by atoms with Crippen molar-refractivity contribution in [2.24, 2.45) is 7.05 Å². The maximum absolute atomic E-state index is 14.8. The van der Waals surface area contributed by atoms with Crippen molar-refractivity contribution >= 4 is 51.1 Å². The molecule has 0 aliphatic carbocycles. The van der Waals surface area contributed by atoms with Gasteiger partial charge in [0, 0.05) is 53.9 Å². The number of nitrogens with one attached hydrogen (secondary N) is 1. The minimum Gasteiger partial charge on any atom is -0.496 e. The van der Waals surface area contributed by atoms with Crippen LogP contribution in [0.3, 0.4) is 0 Å². The fourth-order valence-electron chi connectivity index (χ4n) is 5.37. The highest BCUT2D eigenvalue weighted by atomic mass is 127. The van der Waals surface area contributed by atoms with Gasteiger partial charge >= 0.3 is 6.09 Å². The smallest absolute Gasteiger partial charge is 0.407 e. The van der Waals surface area contributed by atoms with Crippen molar-refractivity contribution in [2.75, 3.05) is 25.1 Å². The molecular formula is C31H34FIN6O4. The van der Waals surface area contributed by atoms with Crippen molar-refractivity contribution in [1.29, 1.82) is 0 Å². The van der Waals surface area contributed by atoms with E-state index in [0.717, 1.165) is 45.1 Å². The van der Waals surface area contributed by atoms with Crippen molar-refractivity contribution in [3.05, 3.63) is 63.4 Å². The molecule has 5 rings (SSSR count). The number of piperidine rings is 1. The number of hydrogen-bond acceptors (Lipinski definition) is 8. The number of rotatable bonds is 7. The third kappa shape index (κ3) is 6.89. The predicted octanol–water partition coefficient (Wildman–Crippen LogP) is 5.70. The van der Waals surface area contributed by atoms with Gasteiger partial charge in [-0.25, -0.2) is 19.2 Å². The summed E-state index contributed by atoms with van der Waals surface area (Å²) in [6.45, 7) is 6.81. The second-order valence-corrected chi connectivity index (χ2v) is 12.7. The number of ether oxygens (including phenoxy) is 2. The van der Waals surface area contributed by atoms with Gasteiger partial charge < -0.3 is 19.7 Å². The maximum Gasteiger partial charge on any atom is 0.407 e. The summed E-state index contributed by atoms with van der Waals surface area (Å²) in [5.74, 6) is -0.421. The summed E-state index contributed by atoms with van der Waals surface area (Å²) < 4.78 is 28.2. The summed E-state index contributed by atoms with van der Waals surface area (Å²) in [6.07, 6.45) is 4.68. The van der Waals surface area contributed by atoms with Gasteiger partial charge in [-0.15, -0.1) is 0 Å². The quantitative estimate of drug-likeness (QED) is 0.193. The highest BCUT2D eigenvalue weighted by molar-refractivity contribution is 14.1. The standard InChI is InChI=1S/C31H34FIN6O4/c1-31(2,3)43-30(41)35-19-8-7-13-39(16-19)28-18(14-22(33)27-20(28)17-38(4)37-27)15-24(40)23-11-12-34-29(36-23)26-21(32)9-6-10-25(26)42-5/h6,9-12,14,17,19H,7-8,13,15-16H2,1-5H3,(H,35,41)/t19-/m1/s1. The van der Waals surface area contributed by atoms with Crippen LogP contribution in [0, 0.1) is 9.39 Å². The zero-order chi connectivity index (χ0) is 30.9. The van der Waals surface area contributed by atoms with E-state index in [2.05, 4.69) is 47.9 Å². The van der Waals surface area contributed by atoms with E-state index in [1.165, 1.54) is 25.4 Å². The molecule has 1 fully saturated rings. The molecule has 0 bridgehead atoms. The van der Waals surface area contributed by atoms with Crippen LogP contribution >= 0.6 is 22.6 Å². The zero-order valence-electron chi connectivity index (χ0n) is 24.8. The molecule has 2 aromatic carbocycles. The molecule has 226 valence electrons. The Kier molecular flexibility index (Phi) is 8.86. The number of halogens is 2. The number of benzene rings is 2. The van der Waals surface area contributed by atoms with Gasteiger partial charge in [0.15, 0.2) is 11.6 Å². The average Bonchev–Trinajstić information content (AvgIpc) is 3.33. The van der Waals surface area contributed by atoms with Gasteiger partial charge in [-0.3, -0.25) is 9.48 Å². The molecule has 0 radical (unpaired) electrons. The second kappa shape index (κ2) is 12.4. The van der Waals surface area contributed by atoms with E-state index in [4.69, 9.17) is 9.47 Å². The molecule has 1 aliphatic heterocycles. The Balaban J connectivity index is 1.47. The van der Waals surface area contributed by atoms with Crippen LogP contribution in [0.25, 0.3) is 22.3 Å². The third-order valence-electron chi connectivity index (χ3n) is 7.08. The van der Waals surface area contributed by atoms with Gasteiger partial charge in [0.1, 0.15) is 28.4 Å². The van der Waals surface area contributed by atoms with Crippen molar-refractivity contribution in [1.82, 2.24) is 25.1 Å². The average molecular weight is 701 g/mol. The monoisotopic (exact) mass is 700 g/mol. The molecule has 1 saturated heterocycles. The number of carbonyl (C=O) groups excluding carboxylic acids is 2. The number of anilines is 1. The summed E-state index contributed by atoms with van der Waals surface area (Å²) in [4.78, 5) is 37.1. The molecule has 1 atom stereocenters. The number of hydrogen-bond donors (Lipinski definition) is 1. The van der Waals surface area contributed by atoms with Gasteiger partial charge in [0.2, 0.25) is 0 Å². The van der Waals surface area contributed by atoms with E-state index < -0.39 is 17.5 Å². The van der Waals surface area contributed by atoms with Crippen molar-refractivity contribution in [2.45, 2.75) is 51.7 Å². The largest absolute Gasteiger partial charge is 0.496 e. The van der Waals surface area contributed by atoms with Crippen LogP contribution in [0.5, 0.6) is 5.75 Å². The Morgan fingerprint density at radius 1 is 1.23 bits per heavy atom. The molecule has 1 aliphatic rings.